The van der Waals surface area contributed by atoms with Gasteiger partial charge in [-0.25, -0.2) is 13.6 Å². The minimum Gasteiger partial charge on any atom is -0.478 e. The zero-order valence-electron chi connectivity index (χ0n) is 14.3. The first kappa shape index (κ1) is 16.8. The van der Waals surface area contributed by atoms with E-state index in [1.807, 2.05) is 10.6 Å². The lowest BCUT2D eigenvalue weighted by molar-refractivity contribution is 0.0698. The monoisotopic (exact) mass is 355 g/mol. The van der Waals surface area contributed by atoms with Crippen molar-refractivity contribution in [2.75, 3.05) is 0 Å². The van der Waals surface area contributed by atoms with Crippen molar-refractivity contribution in [3.63, 3.8) is 0 Å². The molecule has 0 saturated heterocycles. The predicted octanol–water partition coefficient (Wildman–Crippen LogP) is 4.93. The third-order valence-corrected chi connectivity index (χ3v) is 5.21. The summed E-state index contributed by atoms with van der Waals surface area (Å²) in [6.45, 7) is 0.125. The van der Waals surface area contributed by atoms with Crippen LogP contribution in [0.4, 0.5) is 8.78 Å². The lowest BCUT2D eigenvalue weighted by Gasteiger charge is -2.13. The van der Waals surface area contributed by atoms with E-state index in [9.17, 15) is 18.7 Å². The number of fused-ring (bicyclic) bond motifs is 3. The molecule has 0 radical (unpaired) electrons. The van der Waals surface area contributed by atoms with Crippen molar-refractivity contribution in [1.82, 2.24) is 4.57 Å². The summed E-state index contributed by atoms with van der Waals surface area (Å²) in [7, 11) is 0. The van der Waals surface area contributed by atoms with Crippen molar-refractivity contribution in [3.05, 3.63) is 70.4 Å². The van der Waals surface area contributed by atoms with Gasteiger partial charge in [0.1, 0.15) is 11.6 Å². The standard InChI is InChI=1S/C21H19F2NO2/c22-14-9-10-18(23)13(11-14)12-24-19-8-3-1-2-5-15(19)16-6-4-7-17(20(16)24)21(25)26/h4,6-7,9-11H,1-3,5,8,12H2,(H,25,26). The van der Waals surface area contributed by atoms with Crippen LogP contribution < -0.4 is 0 Å². The number of carboxylic acid groups (broad SMARTS) is 1. The van der Waals surface area contributed by atoms with Gasteiger partial charge in [0.05, 0.1) is 17.6 Å². The maximum Gasteiger partial charge on any atom is 0.337 e. The number of aromatic carboxylic acids is 1. The normalized spacial score (nSPS) is 14.2. The highest BCUT2D eigenvalue weighted by Crippen LogP contribution is 2.34. The van der Waals surface area contributed by atoms with Crippen LogP contribution in [-0.2, 0) is 19.4 Å². The lowest BCUT2D eigenvalue weighted by Crippen LogP contribution is -2.09. The molecule has 26 heavy (non-hydrogen) atoms. The summed E-state index contributed by atoms with van der Waals surface area (Å²) in [5.74, 6) is -1.99. The van der Waals surface area contributed by atoms with Crippen molar-refractivity contribution >= 4 is 16.9 Å². The van der Waals surface area contributed by atoms with Gasteiger partial charge in [0, 0.05) is 16.6 Å². The van der Waals surface area contributed by atoms with Gasteiger partial charge in [-0.2, -0.15) is 0 Å². The molecule has 1 aliphatic carbocycles. The molecule has 2 aromatic carbocycles. The number of benzene rings is 2. The molecule has 5 heteroatoms. The highest BCUT2D eigenvalue weighted by Gasteiger charge is 2.23. The molecular formula is C21H19F2NO2. The summed E-state index contributed by atoms with van der Waals surface area (Å²) in [4.78, 5) is 11.8. The maximum absolute atomic E-state index is 14.2. The van der Waals surface area contributed by atoms with Gasteiger partial charge in [0.15, 0.2) is 0 Å². The Morgan fingerprint density at radius 1 is 1.08 bits per heavy atom. The highest BCUT2D eigenvalue weighted by atomic mass is 19.1. The molecule has 134 valence electrons. The first-order valence-electron chi connectivity index (χ1n) is 8.86. The summed E-state index contributed by atoms with van der Waals surface area (Å²) >= 11 is 0. The largest absolute Gasteiger partial charge is 0.478 e. The first-order chi connectivity index (χ1) is 12.6. The summed E-state index contributed by atoms with van der Waals surface area (Å²) in [6.07, 6.45) is 4.88. The zero-order chi connectivity index (χ0) is 18.3. The second-order valence-corrected chi connectivity index (χ2v) is 6.81. The van der Waals surface area contributed by atoms with E-state index in [1.54, 1.807) is 12.1 Å². The fourth-order valence-corrected chi connectivity index (χ4v) is 4.05. The zero-order valence-corrected chi connectivity index (χ0v) is 14.3. The van der Waals surface area contributed by atoms with Crippen molar-refractivity contribution in [3.8, 4) is 0 Å². The number of rotatable bonds is 3. The fourth-order valence-electron chi connectivity index (χ4n) is 4.05. The Bertz CT molecular complexity index is 1010. The third kappa shape index (κ3) is 2.77. The average molecular weight is 355 g/mol. The average Bonchev–Trinajstić information content (AvgIpc) is 2.77. The van der Waals surface area contributed by atoms with Crippen LogP contribution in [0.15, 0.2) is 36.4 Å². The summed E-state index contributed by atoms with van der Waals surface area (Å²) < 4.78 is 29.8. The van der Waals surface area contributed by atoms with E-state index in [0.29, 0.717) is 5.52 Å². The van der Waals surface area contributed by atoms with Crippen molar-refractivity contribution in [2.24, 2.45) is 0 Å². The molecule has 0 atom stereocenters. The van der Waals surface area contributed by atoms with Gasteiger partial charge in [-0.3, -0.25) is 0 Å². The molecular weight excluding hydrogens is 336 g/mol. The second-order valence-electron chi connectivity index (χ2n) is 6.81. The van der Waals surface area contributed by atoms with E-state index in [0.717, 1.165) is 60.9 Å². The molecule has 0 aliphatic heterocycles. The Kier molecular flexibility index (Phi) is 4.23. The predicted molar refractivity (Wildman–Crippen MR) is 95.6 cm³/mol. The van der Waals surface area contributed by atoms with Crippen LogP contribution in [0.5, 0.6) is 0 Å². The second kappa shape index (κ2) is 6.56. The van der Waals surface area contributed by atoms with Gasteiger partial charge in [-0.15, -0.1) is 0 Å². The molecule has 0 saturated carbocycles. The Labute approximate surface area is 149 Å². The molecule has 1 aliphatic rings. The number of nitrogens with zero attached hydrogens (tertiary/aromatic N) is 1. The summed E-state index contributed by atoms with van der Waals surface area (Å²) in [5.41, 5.74) is 3.24. The van der Waals surface area contributed by atoms with Crippen molar-refractivity contribution in [1.29, 1.82) is 0 Å². The first-order valence-corrected chi connectivity index (χ1v) is 8.86. The number of para-hydroxylation sites is 1. The number of aryl methyl sites for hydroxylation is 1. The van der Waals surface area contributed by atoms with Crippen LogP contribution in [0.3, 0.4) is 0 Å². The van der Waals surface area contributed by atoms with Gasteiger partial charge < -0.3 is 9.67 Å². The Balaban J connectivity index is 1.98. The van der Waals surface area contributed by atoms with E-state index in [4.69, 9.17) is 0 Å². The Morgan fingerprint density at radius 2 is 1.88 bits per heavy atom. The van der Waals surface area contributed by atoms with E-state index in [1.165, 1.54) is 6.07 Å². The fraction of sp³-hybridized carbons (Fsp3) is 0.286. The number of carboxylic acids is 1. The van der Waals surface area contributed by atoms with E-state index < -0.39 is 17.6 Å². The van der Waals surface area contributed by atoms with Crippen LogP contribution in [0.25, 0.3) is 10.9 Å². The van der Waals surface area contributed by atoms with Crippen LogP contribution in [-0.4, -0.2) is 15.6 Å². The quantitative estimate of drug-likeness (QED) is 0.677. The van der Waals surface area contributed by atoms with Crippen LogP contribution >= 0.6 is 0 Å². The topological polar surface area (TPSA) is 42.2 Å². The third-order valence-electron chi connectivity index (χ3n) is 5.21. The molecule has 0 bridgehead atoms. The molecule has 0 spiro atoms. The number of hydrogen-bond donors (Lipinski definition) is 1. The molecule has 1 N–H and O–H groups in total. The number of halogens is 2. The Morgan fingerprint density at radius 3 is 2.69 bits per heavy atom. The molecule has 0 unspecified atom stereocenters. The lowest BCUT2D eigenvalue weighted by atomic mass is 10.0. The maximum atomic E-state index is 14.2. The van der Waals surface area contributed by atoms with Gasteiger partial charge >= 0.3 is 5.97 Å². The van der Waals surface area contributed by atoms with Gasteiger partial charge in [0.25, 0.3) is 0 Å². The minimum absolute atomic E-state index is 0.125. The molecule has 0 fully saturated rings. The van der Waals surface area contributed by atoms with Crippen LogP contribution in [0.2, 0.25) is 0 Å². The van der Waals surface area contributed by atoms with Gasteiger partial charge in [-0.05, 0) is 55.5 Å². The smallest absolute Gasteiger partial charge is 0.337 e. The van der Waals surface area contributed by atoms with Crippen molar-refractivity contribution < 1.29 is 18.7 Å². The number of aromatic nitrogens is 1. The molecule has 3 aromatic rings. The molecule has 4 rings (SSSR count). The molecule has 0 amide bonds. The SMILES string of the molecule is O=C(O)c1cccc2c3c(n(Cc4cc(F)ccc4F)c12)CCCCC3. The highest BCUT2D eigenvalue weighted by molar-refractivity contribution is 6.04. The summed E-state index contributed by atoms with van der Waals surface area (Å²) in [5, 5.41) is 10.6. The van der Waals surface area contributed by atoms with Crippen LogP contribution in [0, 0.1) is 11.6 Å². The number of hydrogen-bond acceptors (Lipinski definition) is 1. The van der Waals surface area contributed by atoms with E-state index >= 15 is 0 Å². The molecule has 1 aromatic heterocycles. The van der Waals surface area contributed by atoms with Gasteiger partial charge in [0.2, 0.25) is 0 Å². The number of carbonyl (C=O) groups is 1. The van der Waals surface area contributed by atoms with Crippen molar-refractivity contribution in [2.45, 2.75) is 38.6 Å². The summed E-state index contributed by atoms with van der Waals surface area (Å²) in [6, 6.07) is 8.66. The Hall–Kier alpha value is -2.69. The van der Waals surface area contributed by atoms with E-state index in [-0.39, 0.29) is 17.7 Å². The molecule has 3 nitrogen and oxygen atoms in total. The molecule has 1 heterocycles. The van der Waals surface area contributed by atoms with E-state index in [2.05, 4.69) is 0 Å². The minimum atomic E-state index is -1.01. The van der Waals surface area contributed by atoms with Crippen LogP contribution in [0.1, 0.15) is 46.4 Å². The van der Waals surface area contributed by atoms with Gasteiger partial charge in [-0.1, -0.05) is 18.6 Å².